The first-order valence-corrected chi connectivity index (χ1v) is 5.58. The van der Waals surface area contributed by atoms with Gasteiger partial charge in [-0.25, -0.2) is 0 Å². The van der Waals surface area contributed by atoms with Crippen LogP contribution >= 0.6 is 0 Å². The van der Waals surface area contributed by atoms with Crippen LogP contribution in [0.4, 0.5) is 4.39 Å². The minimum atomic E-state index is -0.732. The van der Waals surface area contributed by atoms with Crippen LogP contribution in [0.25, 0.3) is 0 Å². The molecule has 86 valence electrons. The van der Waals surface area contributed by atoms with Crippen molar-refractivity contribution in [2.45, 2.75) is 31.1 Å². The third-order valence-corrected chi connectivity index (χ3v) is 3.26. The first-order valence-electron chi connectivity index (χ1n) is 5.58. The van der Waals surface area contributed by atoms with Crippen molar-refractivity contribution >= 4 is 5.97 Å². The molecule has 0 saturated heterocycles. The summed E-state index contributed by atoms with van der Waals surface area (Å²) in [6, 6.07) is 7.56. The predicted molar refractivity (Wildman–Crippen MR) is 59.3 cm³/mol. The number of alkyl halides is 1. The van der Waals surface area contributed by atoms with Crippen LogP contribution in [-0.2, 0) is 16.6 Å². The molecular weight excluding hydrogens is 207 g/mol. The number of benzene rings is 1. The van der Waals surface area contributed by atoms with Crippen LogP contribution in [0.3, 0.4) is 0 Å². The van der Waals surface area contributed by atoms with E-state index in [1.807, 2.05) is 24.3 Å². The average molecular weight is 222 g/mol. The number of hydrogen-bond donors (Lipinski definition) is 1. The molecule has 2 rings (SSSR count). The van der Waals surface area contributed by atoms with Gasteiger partial charge in [-0.15, -0.1) is 0 Å². The molecule has 0 heterocycles. The van der Waals surface area contributed by atoms with Crippen LogP contribution in [0.1, 0.15) is 30.4 Å². The van der Waals surface area contributed by atoms with Crippen LogP contribution in [0.15, 0.2) is 24.3 Å². The first-order chi connectivity index (χ1) is 7.69. The largest absolute Gasteiger partial charge is 0.481 e. The van der Waals surface area contributed by atoms with Gasteiger partial charge in [0.1, 0.15) is 0 Å². The zero-order valence-electron chi connectivity index (χ0n) is 9.08. The number of hydrogen-bond acceptors (Lipinski definition) is 1. The van der Waals surface area contributed by atoms with Crippen LogP contribution in [0.5, 0.6) is 0 Å². The lowest BCUT2D eigenvalue weighted by Gasteiger charge is -2.10. The van der Waals surface area contributed by atoms with Gasteiger partial charge in [-0.3, -0.25) is 9.18 Å². The highest BCUT2D eigenvalue weighted by Gasteiger charge is 2.51. The highest BCUT2D eigenvalue weighted by atomic mass is 19.1. The summed E-state index contributed by atoms with van der Waals surface area (Å²) in [5.41, 5.74) is 1.32. The molecule has 1 aliphatic rings. The van der Waals surface area contributed by atoms with Gasteiger partial charge >= 0.3 is 5.97 Å². The second-order valence-electron chi connectivity index (χ2n) is 4.38. The van der Waals surface area contributed by atoms with Crippen molar-refractivity contribution < 1.29 is 14.3 Å². The van der Waals surface area contributed by atoms with E-state index in [9.17, 15) is 9.18 Å². The molecule has 0 spiro atoms. The zero-order chi connectivity index (χ0) is 11.6. The number of rotatable bonds is 5. The fourth-order valence-electron chi connectivity index (χ4n) is 2.01. The molecule has 0 bridgehead atoms. The minimum absolute atomic E-state index is 0.305. The van der Waals surface area contributed by atoms with E-state index in [-0.39, 0.29) is 6.67 Å². The lowest BCUT2D eigenvalue weighted by Crippen LogP contribution is -2.19. The van der Waals surface area contributed by atoms with E-state index in [0.29, 0.717) is 6.42 Å². The lowest BCUT2D eigenvalue weighted by atomic mass is 9.94. The van der Waals surface area contributed by atoms with E-state index in [1.54, 1.807) is 0 Å². The zero-order valence-corrected chi connectivity index (χ0v) is 9.08. The Kier molecular flexibility index (Phi) is 2.95. The van der Waals surface area contributed by atoms with Crippen LogP contribution in [-0.4, -0.2) is 17.8 Å². The fourth-order valence-corrected chi connectivity index (χ4v) is 2.01. The molecule has 3 heteroatoms. The summed E-state index contributed by atoms with van der Waals surface area (Å²) in [6.45, 7) is -0.305. The third kappa shape index (κ3) is 1.94. The molecule has 16 heavy (non-hydrogen) atoms. The second-order valence-corrected chi connectivity index (χ2v) is 4.38. The molecule has 0 amide bonds. The summed E-state index contributed by atoms with van der Waals surface area (Å²) < 4.78 is 12.0. The quantitative estimate of drug-likeness (QED) is 0.831. The number of carboxylic acid groups (broad SMARTS) is 1. The number of aliphatic carboxylic acids is 1. The molecule has 1 N–H and O–H groups in total. The van der Waals surface area contributed by atoms with Crippen molar-refractivity contribution in [3.8, 4) is 0 Å². The Bertz CT molecular complexity index is 379. The minimum Gasteiger partial charge on any atom is -0.481 e. The predicted octanol–water partition coefficient (Wildman–Crippen LogP) is 2.70. The maximum atomic E-state index is 12.0. The maximum absolute atomic E-state index is 12.0. The van der Waals surface area contributed by atoms with Gasteiger partial charge in [0.25, 0.3) is 0 Å². The number of carboxylic acids is 1. The fraction of sp³-hybridized carbons (Fsp3) is 0.462. The summed E-state index contributed by atoms with van der Waals surface area (Å²) in [5, 5.41) is 9.12. The van der Waals surface area contributed by atoms with Crippen molar-refractivity contribution in [3.63, 3.8) is 0 Å². The molecule has 1 saturated carbocycles. The summed E-state index contributed by atoms with van der Waals surface area (Å²) in [4.78, 5) is 11.1. The highest BCUT2D eigenvalue weighted by molar-refractivity contribution is 5.84. The van der Waals surface area contributed by atoms with Gasteiger partial charge in [-0.2, -0.15) is 0 Å². The average Bonchev–Trinajstić information content (AvgIpc) is 3.08. The summed E-state index contributed by atoms with van der Waals surface area (Å²) in [6.07, 6.45) is 2.71. The van der Waals surface area contributed by atoms with Crippen LogP contribution in [0.2, 0.25) is 0 Å². The monoisotopic (exact) mass is 222 g/mol. The topological polar surface area (TPSA) is 37.3 Å². The lowest BCUT2D eigenvalue weighted by molar-refractivity contribution is -0.140. The Balaban J connectivity index is 2.11. The summed E-state index contributed by atoms with van der Waals surface area (Å²) >= 11 is 0. The van der Waals surface area contributed by atoms with Crippen LogP contribution < -0.4 is 0 Å². The molecule has 0 unspecified atom stereocenters. The van der Waals surface area contributed by atoms with E-state index in [0.717, 1.165) is 30.4 Å². The first kappa shape index (κ1) is 11.1. The van der Waals surface area contributed by atoms with Gasteiger partial charge in [-0.1, -0.05) is 24.3 Å². The number of carbonyl (C=O) groups is 1. The standard InChI is InChI=1S/C13H15FO2/c14-9-1-2-10-3-5-11(6-4-10)13(7-8-13)12(15)16/h3-6H,1-2,7-9H2,(H,15,16). The van der Waals surface area contributed by atoms with Crippen molar-refractivity contribution in [1.29, 1.82) is 0 Å². The van der Waals surface area contributed by atoms with E-state index < -0.39 is 11.4 Å². The van der Waals surface area contributed by atoms with Crippen molar-refractivity contribution in [2.24, 2.45) is 0 Å². The normalized spacial score (nSPS) is 17.1. The third-order valence-electron chi connectivity index (χ3n) is 3.26. The summed E-state index contributed by atoms with van der Waals surface area (Å²) in [5.74, 6) is -0.732. The van der Waals surface area contributed by atoms with Gasteiger partial charge in [0.2, 0.25) is 0 Å². The van der Waals surface area contributed by atoms with E-state index in [4.69, 9.17) is 5.11 Å². The molecule has 1 aliphatic carbocycles. The molecule has 1 aromatic carbocycles. The molecule has 0 aromatic heterocycles. The Hall–Kier alpha value is -1.38. The van der Waals surface area contributed by atoms with Gasteiger partial charge in [0, 0.05) is 0 Å². The molecule has 0 atom stereocenters. The number of halogens is 1. The van der Waals surface area contributed by atoms with E-state index in [1.165, 1.54) is 0 Å². The van der Waals surface area contributed by atoms with Gasteiger partial charge in [-0.05, 0) is 36.8 Å². The molecule has 0 radical (unpaired) electrons. The second kappa shape index (κ2) is 4.24. The van der Waals surface area contributed by atoms with Gasteiger partial charge in [0.05, 0.1) is 12.1 Å². The van der Waals surface area contributed by atoms with Crippen molar-refractivity contribution in [1.82, 2.24) is 0 Å². The van der Waals surface area contributed by atoms with Crippen LogP contribution in [0, 0.1) is 0 Å². The van der Waals surface area contributed by atoms with Crippen molar-refractivity contribution in [2.75, 3.05) is 6.67 Å². The highest BCUT2D eigenvalue weighted by Crippen LogP contribution is 2.48. The smallest absolute Gasteiger partial charge is 0.314 e. The Morgan fingerprint density at radius 3 is 2.38 bits per heavy atom. The Labute approximate surface area is 94.1 Å². The molecule has 1 fully saturated rings. The molecule has 0 aliphatic heterocycles. The molecule has 1 aromatic rings. The van der Waals surface area contributed by atoms with E-state index >= 15 is 0 Å². The summed E-state index contributed by atoms with van der Waals surface area (Å²) in [7, 11) is 0. The SMILES string of the molecule is O=C(O)C1(c2ccc(CCCF)cc2)CC1. The van der Waals surface area contributed by atoms with Crippen molar-refractivity contribution in [3.05, 3.63) is 35.4 Å². The van der Waals surface area contributed by atoms with E-state index in [2.05, 4.69) is 0 Å². The number of aryl methyl sites for hydroxylation is 1. The van der Waals surface area contributed by atoms with Gasteiger partial charge in [0.15, 0.2) is 0 Å². The molecule has 2 nitrogen and oxygen atoms in total. The van der Waals surface area contributed by atoms with Gasteiger partial charge < -0.3 is 5.11 Å². The Morgan fingerprint density at radius 2 is 1.94 bits per heavy atom. The maximum Gasteiger partial charge on any atom is 0.314 e. The Morgan fingerprint density at radius 1 is 1.31 bits per heavy atom. The molecular formula is C13H15FO2.